The van der Waals surface area contributed by atoms with Gasteiger partial charge in [0, 0.05) is 6.54 Å². The van der Waals surface area contributed by atoms with Gasteiger partial charge in [-0.15, -0.1) is 0 Å². The highest BCUT2D eigenvalue weighted by Crippen LogP contribution is 2.35. The van der Waals surface area contributed by atoms with E-state index in [1.165, 1.54) is 38.8 Å². The number of nitrogens with one attached hydrogen (secondary N) is 2. The fraction of sp³-hybridized carbons (Fsp3) is 0.800. The van der Waals surface area contributed by atoms with Crippen molar-refractivity contribution in [2.75, 3.05) is 19.6 Å². The molecule has 0 aromatic carbocycles. The predicted molar refractivity (Wildman–Crippen MR) is 50.9 cm³/mol. The van der Waals surface area contributed by atoms with E-state index in [2.05, 4.69) is 22.9 Å². The van der Waals surface area contributed by atoms with Crippen LogP contribution in [0.3, 0.4) is 0 Å². The van der Waals surface area contributed by atoms with E-state index < -0.39 is 0 Å². The molecular weight excluding hydrogens is 148 g/mol. The summed E-state index contributed by atoms with van der Waals surface area (Å²) in [6.45, 7) is 3.57. The fourth-order valence-electron chi connectivity index (χ4n) is 2.29. The highest BCUT2D eigenvalue weighted by Gasteiger charge is 2.28. The number of allylic oxidation sites excluding steroid dienone is 1. The molecule has 1 spiro atoms. The summed E-state index contributed by atoms with van der Waals surface area (Å²) < 4.78 is 0. The number of hydrogen-bond donors (Lipinski definition) is 2. The third kappa shape index (κ3) is 1.63. The van der Waals surface area contributed by atoms with Crippen LogP contribution in [-0.2, 0) is 0 Å². The summed E-state index contributed by atoms with van der Waals surface area (Å²) in [7, 11) is 0. The Morgan fingerprint density at radius 2 is 1.92 bits per heavy atom. The van der Waals surface area contributed by atoms with Gasteiger partial charge in [0.15, 0.2) is 0 Å². The maximum Gasteiger partial charge on any atom is 0.0149 e. The molecule has 2 aliphatic rings. The second-order valence-corrected chi connectivity index (χ2v) is 4.00. The Labute approximate surface area is 74.4 Å². The second-order valence-electron chi connectivity index (χ2n) is 4.00. The largest absolute Gasteiger partial charge is 0.391 e. The summed E-state index contributed by atoms with van der Waals surface area (Å²) in [6, 6.07) is 0. The van der Waals surface area contributed by atoms with Crippen molar-refractivity contribution in [3.63, 3.8) is 0 Å². The topological polar surface area (TPSA) is 24.1 Å². The van der Waals surface area contributed by atoms with Crippen LogP contribution in [0.4, 0.5) is 0 Å². The molecule has 0 radical (unpaired) electrons. The molecular formula is C10H18N2. The lowest BCUT2D eigenvalue weighted by atomic mass is 9.76. The van der Waals surface area contributed by atoms with Crippen LogP contribution in [0.5, 0.6) is 0 Å². The quantitative estimate of drug-likeness (QED) is 0.566. The van der Waals surface area contributed by atoms with Crippen molar-refractivity contribution in [1.29, 1.82) is 0 Å². The second kappa shape index (κ2) is 3.48. The van der Waals surface area contributed by atoms with Crippen LogP contribution in [0.1, 0.15) is 25.7 Å². The molecule has 68 valence electrons. The van der Waals surface area contributed by atoms with Crippen LogP contribution in [0.25, 0.3) is 0 Å². The Balaban J connectivity index is 2.05. The van der Waals surface area contributed by atoms with Gasteiger partial charge in [-0.3, -0.25) is 0 Å². The maximum atomic E-state index is 3.46. The van der Waals surface area contributed by atoms with E-state index in [0.29, 0.717) is 5.41 Å². The zero-order chi connectivity index (χ0) is 8.28. The Kier molecular flexibility index (Phi) is 2.35. The van der Waals surface area contributed by atoms with Crippen molar-refractivity contribution in [3.05, 3.63) is 12.3 Å². The van der Waals surface area contributed by atoms with Crippen molar-refractivity contribution >= 4 is 0 Å². The molecule has 12 heavy (non-hydrogen) atoms. The van der Waals surface area contributed by atoms with Crippen LogP contribution < -0.4 is 10.6 Å². The van der Waals surface area contributed by atoms with E-state index in [9.17, 15) is 0 Å². The molecule has 2 aliphatic heterocycles. The molecule has 1 unspecified atom stereocenters. The number of hydrogen-bond acceptors (Lipinski definition) is 2. The first-order valence-corrected chi connectivity index (χ1v) is 5.03. The van der Waals surface area contributed by atoms with Gasteiger partial charge in [0.2, 0.25) is 0 Å². The molecule has 0 saturated carbocycles. The van der Waals surface area contributed by atoms with Crippen molar-refractivity contribution < 1.29 is 0 Å². The van der Waals surface area contributed by atoms with Gasteiger partial charge in [-0.1, -0.05) is 6.08 Å². The van der Waals surface area contributed by atoms with E-state index in [0.717, 1.165) is 6.54 Å². The third-order valence-corrected chi connectivity index (χ3v) is 3.15. The van der Waals surface area contributed by atoms with Gasteiger partial charge in [0.05, 0.1) is 0 Å². The highest BCUT2D eigenvalue weighted by molar-refractivity contribution is 5.03. The smallest absolute Gasteiger partial charge is 0.0149 e. The first-order valence-electron chi connectivity index (χ1n) is 5.03. The Hall–Kier alpha value is -0.500. The zero-order valence-corrected chi connectivity index (χ0v) is 7.60. The van der Waals surface area contributed by atoms with E-state index in [1.54, 1.807) is 0 Å². The first kappa shape index (κ1) is 8.11. The average molecular weight is 166 g/mol. The summed E-state index contributed by atoms with van der Waals surface area (Å²) >= 11 is 0. The van der Waals surface area contributed by atoms with Crippen LogP contribution in [-0.4, -0.2) is 19.6 Å². The molecule has 2 N–H and O–H groups in total. The van der Waals surface area contributed by atoms with Crippen LogP contribution in [0.15, 0.2) is 12.3 Å². The molecule has 0 aliphatic carbocycles. The minimum absolute atomic E-state index is 0.536. The highest BCUT2D eigenvalue weighted by atomic mass is 14.9. The van der Waals surface area contributed by atoms with Crippen LogP contribution in [0, 0.1) is 5.41 Å². The Morgan fingerprint density at radius 1 is 1.00 bits per heavy atom. The van der Waals surface area contributed by atoms with E-state index >= 15 is 0 Å². The molecule has 2 rings (SSSR count). The minimum Gasteiger partial charge on any atom is -0.391 e. The van der Waals surface area contributed by atoms with Crippen LogP contribution in [0.2, 0.25) is 0 Å². The molecule has 0 aromatic heterocycles. The maximum absolute atomic E-state index is 3.46. The third-order valence-electron chi connectivity index (χ3n) is 3.15. The van der Waals surface area contributed by atoms with Gasteiger partial charge < -0.3 is 10.6 Å². The van der Waals surface area contributed by atoms with Crippen molar-refractivity contribution in [2.45, 2.75) is 25.7 Å². The van der Waals surface area contributed by atoms with E-state index in [1.807, 2.05) is 0 Å². The molecule has 2 heterocycles. The summed E-state index contributed by atoms with van der Waals surface area (Å²) in [4.78, 5) is 0. The molecule has 2 nitrogen and oxygen atoms in total. The predicted octanol–water partition coefficient (Wildman–Crippen LogP) is 1.25. The minimum atomic E-state index is 0.536. The first-order chi connectivity index (χ1) is 5.91. The van der Waals surface area contributed by atoms with E-state index in [-0.39, 0.29) is 0 Å². The molecule has 1 saturated heterocycles. The van der Waals surface area contributed by atoms with Gasteiger partial charge in [-0.05, 0) is 50.4 Å². The Morgan fingerprint density at radius 3 is 2.75 bits per heavy atom. The van der Waals surface area contributed by atoms with Gasteiger partial charge in [-0.25, -0.2) is 0 Å². The average Bonchev–Trinajstić information content (AvgIpc) is 2.33. The lowest BCUT2D eigenvalue weighted by Gasteiger charge is -2.32. The van der Waals surface area contributed by atoms with Gasteiger partial charge in [0.1, 0.15) is 0 Å². The monoisotopic (exact) mass is 166 g/mol. The lowest BCUT2D eigenvalue weighted by molar-refractivity contribution is 0.297. The summed E-state index contributed by atoms with van der Waals surface area (Å²) in [5.41, 5.74) is 0.536. The number of rotatable bonds is 0. The Bertz CT molecular complexity index is 167. The van der Waals surface area contributed by atoms with Crippen molar-refractivity contribution in [1.82, 2.24) is 10.6 Å². The van der Waals surface area contributed by atoms with Gasteiger partial charge in [-0.2, -0.15) is 0 Å². The lowest BCUT2D eigenvalue weighted by Crippen LogP contribution is -2.29. The molecule has 2 heteroatoms. The molecule has 1 fully saturated rings. The molecule has 0 aromatic rings. The standard InChI is InChI=1S/C10H18N2/c1-2-10(3-7-11-6-1)4-8-12-9-5-10/h4,8,11-12H,1-3,5-7,9H2. The van der Waals surface area contributed by atoms with Crippen molar-refractivity contribution in [3.8, 4) is 0 Å². The van der Waals surface area contributed by atoms with Gasteiger partial charge >= 0.3 is 0 Å². The van der Waals surface area contributed by atoms with Crippen molar-refractivity contribution in [2.24, 2.45) is 5.41 Å². The fourth-order valence-corrected chi connectivity index (χ4v) is 2.29. The molecule has 0 amide bonds. The normalized spacial score (nSPS) is 36.0. The molecule has 0 bridgehead atoms. The summed E-state index contributed by atoms with van der Waals surface area (Å²) in [6.07, 6.45) is 9.90. The van der Waals surface area contributed by atoms with Gasteiger partial charge in [0.25, 0.3) is 0 Å². The summed E-state index contributed by atoms with van der Waals surface area (Å²) in [5.74, 6) is 0. The summed E-state index contributed by atoms with van der Waals surface area (Å²) in [5, 5.41) is 6.74. The SMILES string of the molecule is C1=CC2(CCCNCC2)CCN1. The molecule has 1 atom stereocenters. The van der Waals surface area contributed by atoms with Crippen LogP contribution >= 0.6 is 0 Å². The zero-order valence-electron chi connectivity index (χ0n) is 7.60. The van der Waals surface area contributed by atoms with E-state index in [4.69, 9.17) is 0 Å².